The zero-order valence-corrected chi connectivity index (χ0v) is 16.0. The lowest BCUT2D eigenvalue weighted by molar-refractivity contribution is -0.111. The van der Waals surface area contributed by atoms with E-state index in [-0.39, 0.29) is 11.6 Å². The lowest BCUT2D eigenvalue weighted by Crippen LogP contribution is -2.13. The van der Waals surface area contributed by atoms with Crippen LogP contribution < -0.4 is 0 Å². The van der Waals surface area contributed by atoms with Crippen LogP contribution in [-0.2, 0) is 4.79 Å². The maximum atomic E-state index is 13.1. The molecular formula is C22H20O2S2. The van der Waals surface area contributed by atoms with E-state index < -0.39 is 0 Å². The Kier molecular flexibility index (Phi) is 6.92. The highest BCUT2D eigenvalue weighted by Gasteiger charge is 2.24. The minimum absolute atomic E-state index is 0.190. The second-order valence-corrected chi connectivity index (χ2v) is 8.34. The molecule has 2 aromatic carbocycles. The molecule has 0 N–H and O–H groups in total. The van der Waals surface area contributed by atoms with Crippen LogP contribution in [0.3, 0.4) is 0 Å². The number of ketones is 2. The van der Waals surface area contributed by atoms with Crippen molar-refractivity contribution in [3.8, 4) is 0 Å². The van der Waals surface area contributed by atoms with Gasteiger partial charge in [0.15, 0.2) is 11.6 Å². The molecule has 132 valence electrons. The van der Waals surface area contributed by atoms with Gasteiger partial charge in [-0.3, -0.25) is 9.59 Å². The Hall–Kier alpha value is -2.04. The Bertz CT molecular complexity index is 814. The number of hydrogen-bond acceptors (Lipinski definition) is 4. The zero-order valence-electron chi connectivity index (χ0n) is 14.4. The van der Waals surface area contributed by atoms with E-state index in [0.717, 1.165) is 34.1 Å². The third-order valence-corrected chi connectivity index (χ3v) is 6.57. The molecule has 4 heteroatoms. The van der Waals surface area contributed by atoms with E-state index in [2.05, 4.69) is 0 Å². The highest BCUT2D eigenvalue weighted by atomic mass is 32.2. The van der Waals surface area contributed by atoms with E-state index in [9.17, 15) is 9.59 Å². The lowest BCUT2D eigenvalue weighted by atomic mass is 10.0. The fourth-order valence-corrected chi connectivity index (χ4v) is 5.15. The average molecular weight is 381 g/mol. The first kappa shape index (κ1) is 18.7. The van der Waals surface area contributed by atoms with Gasteiger partial charge < -0.3 is 0 Å². The van der Waals surface area contributed by atoms with E-state index in [1.807, 2.05) is 48.5 Å². The molecule has 0 aliphatic carbocycles. The minimum Gasteiger partial charge on any atom is -0.289 e. The van der Waals surface area contributed by atoms with Gasteiger partial charge in [0.05, 0.1) is 9.81 Å². The number of Topliss-reactive ketones (excluding diaryl/α,β-unsaturated/α-hetero) is 1. The molecule has 0 aromatic heterocycles. The predicted octanol–water partition coefficient (Wildman–Crippen LogP) is 5.62. The van der Waals surface area contributed by atoms with Gasteiger partial charge in [0.1, 0.15) is 0 Å². The molecule has 2 nitrogen and oxygen atoms in total. The lowest BCUT2D eigenvalue weighted by Gasteiger charge is -2.10. The monoisotopic (exact) mass is 380 g/mol. The molecule has 0 bridgehead atoms. The number of hydrogen-bond donors (Lipinski definition) is 0. The summed E-state index contributed by atoms with van der Waals surface area (Å²) in [6.07, 6.45) is 5.52. The van der Waals surface area contributed by atoms with Crippen LogP contribution in [0.4, 0.5) is 0 Å². The zero-order chi connectivity index (χ0) is 18.2. The van der Waals surface area contributed by atoms with E-state index in [0.29, 0.717) is 11.1 Å². The summed E-state index contributed by atoms with van der Waals surface area (Å²) >= 11 is 3.26. The number of carbonyl (C=O) groups excluding carboxylic acids is 2. The Morgan fingerprint density at radius 2 is 1.38 bits per heavy atom. The smallest absolute Gasteiger partial charge is 0.198 e. The van der Waals surface area contributed by atoms with E-state index >= 15 is 0 Å². The number of carbonyl (C=O) groups is 2. The van der Waals surface area contributed by atoms with Crippen molar-refractivity contribution in [2.24, 2.45) is 0 Å². The van der Waals surface area contributed by atoms with Gasteiger partial charge in [-0.2, -0.15) is 0 Å². The van der Waals surface area contributed by atoms with Crippen molar-refractivity contribution < 1.29 is 9.59 Å². The summed E-state index contributed by atoms with van der Waals surface area (Å²) in [6.45, 7) is 0. The molecule has 0 amide bonds. The number of allylic oxidation sites excluding steroid dienone is 2. The van der Waals surface area contributed by atoms with E-state index in [1.165, 1.54) is 6.08 Å². The van der Waals surface area contributed by atoms with Crippen LogP contribution in [0.1, 0.15) is 28.8 Å². The van der Waals surface area contributed by atoms with Crippen LogP contribution >= 0.6 is 23.5 Å². The summed E-state index contributed by atoms with van der Waals surface area (Å²) in [7, 11) is 0. The topological polar surface area (TPSA) is 34.1 Å². The van der Waals surface area contributed by atoms with Crippen molar-refractivity contribution in [1.29, 1.82) is 0 Å². The highest BCUT2D eigenvalue weighted by molar-refractivity contribution is 8.22. The quantitative estimate of drug-likeness (QED) is 0.292. The molecule has 26 heavy (non-hydrogen) atoms. The standard InChI is InChI=1S/C22H20O2S2/c23-19(14-13-17-9-3-1-4-10-17)20(22-25-15-7-8-16-26-22)21(24)18-11-5-2-6-12-18/h1-6,9-14H,7-8,15-16H2. The van der Waals surface area contributed by atoms with Gasteiger partial charge in [-0.1, -0.05) is 66.7 Å². The first-order chi connectivity index (χ1) is 12.8. The van der Waals surface area contributed by atoms with Crippen LogP contribution in [0.25, 0.3) is 6.08 Å². The van der Waals surface area contributed by atoms with Crippen molar-refractivity contribution in [3.63, 3.8) is 0 Å². The normalized spacial score (nSPS) is 14.8. The summed E-state index contributed by atoms with van der Waals surface area (Å²) in [6, 6.07) is 18.7. The van der Waals surface area contributed by atoms with Gasteiger partial charge in [-0.25, -0.2) is 0 Å². The summed E-state index contributed by atoms with van der Waals surface area (Å²) in [5.74, 6) is 1.48. The third-order valence-electron chi connectivity index (χ3n) is 3.95. The van der Waals surface area contributed by atoms with Gasteiger partial charge in [0, 0.05) is 5.56 Å². The van der Waals surface area contributed by atoms with Crippen LogP contribution in [-0.4, -0.2) is 23.1 Å². The molecule has 0 spiro atoms. The van der Waals surface area contributed by atoms with Crippen LogP contribution in [0, 0.1) is 0 Å². The molecule has 0 radical (unpaired) electrons. The molecule has 0 unspecified atom stereocenters. The fraction of sp³-hybridized carbons (Fsp3) is 0.182. The van der Waals surface area contributed by atoms with Gasteiger partial charge in [0.2, 0.25) is 0 Å². The first-order valence-corrected chi connectivity index (χ1v) is 10.6. The second-order valence-electron chi connectivity index (χ2n) is 5.87. The molecular weight excluding hydrogens is 360 g/mol. The van der Waals surface area contributed by atoms with Crippen LogP contribution in [0.5, 0.6) is 0 Å². The molecule has 0 saturated carbocycles. The summed E-state index contributed by atoms with van der Waals surface area (Å²) in [5, 5.41) is 0. The van der Waals surface area contributed by atoms with Gasteiger partial charge >= 0.3 is 0 Å². The van der Waals surface area contributed by atoms with E-state index in [4.69, 9.17) is 0 Å². The maximum absolute atomic E-state index is 13.1. The summed E-state index contributed by atoms with van der Waals surface area (Å²) in [4.78, 5) is 26.0. The molecule has 1 aliphatic heterocycles. The molecule has 1 aliphatic rings. The summed E-state index contributed by atoms with van der Waals surface area (Å²) < 4.78 is 0.860. The SMILES string of the molecule is O=C(C=Cc1ccccc1)C(C(=O)c1ccccc1)=C1SCCCCS1. The van der Waals surface area contributed by atoms with Gasteiger partial charge in [-0.05, 0) is 36.0 Å². The predicted molar refractivity (Wildman–Crippen MR) is 112 cm³/mol. The Labute approximate surface area is 162 Å². The van der Waals surface area contributed by atoms with Crippen LogP contribution in [0.2, 0.25) is 0 Å². The fourth-order valence-electron chi connectivity index (χ4n) is 2.58. The van der Waals surface area contributed by atoms with Crippen molar-refractivity contribution in [2.75, 3.05) is 11.5 Å². The maximum Gasteiger partial charge on any atom is 0.198 e. The van der Waals surface area contributed by atoms with Crippen molar-refractivity contribution in [1.82, 2.24) is 0 Å². The Morgan fingerprint density at radius 3 is 2.00 bits per heavy atom. The number of benzene rings is 2. The van der Waals surface area contributed by atoms with Crippen molar-refractivity contribution >= 4 is 41.2 Å². The summed E-state index contributed by atoms with van der Waals surface area (Å²) in [5.41, 5.74) is 1.81. The van der Waals surface area contributed by atoms with Crippen LogP contribution in [0.15, 0.2) is 76.5 Å². The molecule has 1 fully saturated rings. The van der Waals surface area contributed by atoms with Gasteiger partial charge in [0.25, 0.3) is 0 Å². The first-order valence-electron chi connectivity index (χ1n) is 8.63. The van der Waals surface area contributed by atoms with Crippen molar-refractivity contribution in [3.05, 3.63) is 87.7 Å². The number of thioether (sulfide) groups is 2. The molecule has 1 saturated heterocycles. The average Bonchev–Trinajstić information content (AvgIpc) is 2.97. The largest absolute Gasteiger partial charge is 0.289 e. The minimum atomic E-state index is -0.223. The highest BCUT2D eigenvalue weighted by Crippen LogP contribution is 2.37. The van der Waals surface area contributed by atoms with E-state index in [1.54, 1.807) is 41.7 Å². The molecule has 1 heterocycles. The molecule has 2 aromatic rings. The molecule has 3 rings (SSSR count). The van der Waals surface area contributed by atoms with Crippen molar-refractivity contribution in [2.45, 2.75) is 12.8 Å². The second kappa shape index (κ2) is 9.60. The molecule has 0 atom stereocenters. The number of rotatable bonds is 5. The van der Waals surface area contributed by atoms with Gasteiger partial charge in [-0.15, -0.1) is 23.5 Å². The Balaban J connectivity index is 1.94. The third kappa shape index (κ3) is 4.99. The Morgan fingerprint density at radius 1 is 0.808 bits per heavy atom.